The predicted molar refractivity (Wildman–Crippen MR) is 81.7 cm³/mol. The molecule has 0 atom stereocenters. The van der Waals surface area contributed by atoms with E-state index in [0.29, 0.717) is 0 Å². The molecule has 3 rings (SSSR count). The second-order valence-corrected chi connectivity index (χ2v) is 5.26. The van der Waals surface area contributed by atoms with E-state index in [1.165, 1.54) is 33.2 Å². The maximum absolute atomic E-state index is 4.82. The molecule has 0 unspecified atom stereocenters. The van der Waals surface area contributed by atoms with E-state index in [1.807, 2.05) is 6.07 Å². The first kappa shape index (κ1) is 21.1. The summed E-state index contributed by atoms with van der Waals surface area (Å²) in [6, 6.07) is 12.6. The van der Waals surface area contributed by atoms with Crippen LogP contribution in [0.15, 0.2) is 36.4 Å². The molecule has 0 amide bonds. The number of benzene rings is 1. The van der Waals surface area contributed by atoms with Gasteiger partial charge in [-0.3, -0.25) is 4.98 Å². The largest absolute Gasteiger partial charge is 3.00 e. The number of nitrogens with zero attached hydrogens (tertiary/aromatic N) is 1. The summed E-state index contributed by atoms with van der Waals surface area (Å²) < 4.78 is 0. The Morgan fingerprint density at radius 1 is 0.773 bits per heavy atom. The minimum Gasteiger partial charge on any atom is -1.00 e. The summed E-state index contributed by atoms with van der Waals surface area (Å²) in [6.45, 7) is 8.79. The Bertz CT molecular complexity index is 753. The summed E-state index contributed by atoms with van der Waals surface area (Å²) in [4.78, 5) is 4.82. The molecule has 0 saturated carbocycles. The molecule has 4 heteroatoms. The van der Waals surface area contributed by atoms with Gasteiger partial charge in [-0.25, -0.2) is 0 Å². The van der Waals surface area contributed by atoms with Gasteiger partial charge in [-0.1, -0.05) is 57.5 Å². The molecule has 1 nitrogen and oxygen atoms in total. The van der Waals surface area contributed by atoms with E-state index in [1.54, 1.807) is 0 Å². The SMILES string of the molecule is Cc1c(C)c(C)[c-](-c2ccc3ccccc3n2)c1C.[Cl-].[Cl-].[Cr+3]. The summed E-state index contributed by atoms with van der Waals surface area (Å²) >= 11 is 0. The van der Waals surface area contributed by atoms with Crippen molar-refractivity contribution in [3.63, 3.8) is 0 Å². The van der Waals surface area contributed by atoms with Gasteiger partial charge in [0.25, 0.3) is 0 Å². The molecule has 1 heterocycles. The second kappa shape index (κ2) is 8.09. The quantitative estimate of drug-likeness (QED) is 0.493. The third-order valence-electron chi connectivity index (χ3n) is 4.29. The number of rotatable bonds is 1. The molecule has 3 aromatic rings. The number of para-hydroxylation sites is 1. The van der Waals surface area contributed by atoms with E-state index in [-0.39, 0.29) is 42.2 Å². The molecule has 115 valence electrons. The van der Waals surface area contributed by atoms with Crippen LogP contribution >= 0.6 is 0 Å². The van der Waals surface area contributed by atoms with E-state index in [4.69, 9.17) is 4.98 Å². The average Bonchev–Trinajstić information content (AvgIpc) is 2.63. The van der Waals surface area contributed by atoms with Gasteiger partial charge in [0.2, 0.25) is 0 Å². The van der Waals surface area contributed by atoms with Crippen molar-refractivity contribution in [3.05, 3.63) is 58.7 Å². The number of pyridine rings is 1. The molecule has 1 radical (unpaired) electrons. The Morgan fingerprint density at radius 3 is 1.91 bits per heavy atom. The van der Waals surface area contributed by atoms with Gasteiger partial charge in [-0.05, 0) is 17.1 Å². The van der Waals surface area contributed by atoms with E-state index >= 15 is 0 Å². The third-order valence-corrected chi connectivity index (χ3v) is 4.29. The summed E-state index contributed by atoms with van der Waals surface area (Å²) in [7, 11) is 0. The Morgan fingerprint density at radius 2 is 1.32 bits per heavy atom. The van der Waals surface area contributed by atoms with Gasteiger partial charge in [0.05, 0.1) is 5.52 Å². The first-order valence-corrected chi connectivity index (χ1v) is 6.69. The van der Waals surface area contributed by atoms with E-state index in [0.717, 1.165) is 11.2 Å². The molecule has 0 saturated heterocycles. The van der Waals surface area contributed by atoms with Gasteiger partial charge in [0, 0.05) is 0 Å². The van der Waals surface area contributed by atoms with Crippen molar-refractivity contribution in [3.8, 4) is 11.3 Å². The first-order chi connectivity index (χ1) is 9.09. The fraction of sp³-hybridized carbons (Fsp3) is 0.222. The number of hydrogen-bond donors (Lipinski definition) is 0. The molecule has 0 aliphatic heterocycles. The molecule has 0 aliphatic carbocycles. The maximum Gasteiger partial charge on any atom is 3.00 e. The van der Waals surface area contributed by atoms with E-state index < -0.39 is 0 Å². The van der Waals surface area contributed by atoms with Crippen molar-refractivity contribution in [1.29, 1.82) is 0 Å². The van der Waals surface area contributed by atoms with Gasteiger partial charge in [-0.15, -0.1) is 17.2 Å². The van der Waals surface area contributed by atoms with Crippen LogP contribution in [0.25, 0.3) is 22.2 Å². The number of fused-ring (bicyclic) bond motifs is 1. The molecule has 0 aliphatic rings. The van der Waals surface area contributed by atoms with Crippen molar-refractivity contribution in [1.82, 2.24) is 4.98 Å². The Kier molecular flexibility index (Phi) is 7.75. The standard InChI is InChI=1S/C18H18N.2ClH.Cr/c1-11-12(2)14(4)18(13(11)3)17-10-9-15-7-5-6-8-16(15)19-17;;;/h5-10H,1-4H3;2*1H;/q-1;;;+3/p-2. The molecule has 22 heavy (non-hydrogen) atoms. The van der Waals surface area contributed by atoms with Gasteiger partial charge in [-0.2, -0.15) is 11.1 Å². The van der Waals surface area contributed by atoms with Gasteiger partial charge in [0.15, 0.2) is 0 Å². The Balaban J connectivity index is 0.00000147. The fourth-order valence-electron chi connectivity index (χ4n) is 2.81. The zero-order valence-electron chi connectivity index (χ0n) is 13.1. The maximum atomic E-state index is 4.82. The molecular formula is C18H18Cl2CrN. The van der Waals surface area contributed by atoms with Crippen LogP contribution in [-0.4, -0.2) is 4.98 Å². The van der Waals surface area contributed by atoms with Crippen molar-refractivity contribution >= 4 is 10.9 Å². The van der Waals surface area contributed by atoms with Crippen LogP contribution in [-0.2, 0) is 17.4 Å². The van der Waals surface area contributed by atoms with Crippen LogP contribution in [0.3, 0.4) is 0 Å². The van der Waals surface area contributed by atoms with E-state index in [2.05, 4.69) is 58.0 Å². The first-order valence-electron chi connectivity index (χ1n) is 6.69. The number of halogens is 2. The van der Waals surface area contributed by atoms with Crippen LogP contribution in [0.4, 0.5) is 0 Å². The molecular weight excluding hydrogens is 353 g/mol. The average molecular weight is 371 g/mol. The summed E-state index contributed by atoms with van der Waals surface area (Å²) in [5.74, 6) is 0. The minimum atomic E-state index is 0. The van der Waals surface area contributed by atoms with Gasteiger partial charge < -0.3 is 24.8 Å². The van der Waals surface area contributed by atoms with Crippen LogP contribution in [0.5, 0.6) is 0 Å². The Labute approximate surface area is 155 Å². The van der Waals surface area contributed by atoms with Crippen molar-refractivity contribution in [2.75, 3.05) is 0 Å². The van der Waals surface area contributed by atoms with Crippen LogP contribution in [0.1, 0.15) is 22.3 Å². The van der Waals surface area contributed by atoms with Crippen LogP contribution < -0.4 is 24.8 Å². The van der Waals surface area contributed by atoms with Crippen LogP contribution in [0, 0.1) is 27.7 Å². The van der Waals surface area contributed by atoms with Crippen LogP contribution in [0.2, 0.25) is 0 Å². The normalized spacial score (nSPS) is 9.64. The summed E-state index contributed by atoms with van der Waals surface area (Å²) in [6.07, 6.45) is 0. The fourth-order valence-corrected chi connectivity index (χ4v) is 2.81. The zero-order valence-corrected chi connectivity index (χ0v) is 15.9. The third kappa shape index (κ3) is 3.37. The predicted octanol–water partition coefficient (Wildman–Crippen LogP) is -1.14. The number of hydrogen-bond acceptors (Lipinski definition) is 1. The minimum absolute atomic E-state index is 0. The number of aromatic nitrogens is 1. The molecule has 1 aromatic heterocycles. The van der Waals surface area contributed by atoms with Crippen molar-refractivity contribution < 1.29 is 42.2 Å². The second-order valence-electron chi connectivity index (χ2n) is 5.26. The molecule has 0 fully saturated rings. The zero-order chi connectivity index (χ0) is 13.6. The molecule has 0 N–H and O–H groups in total. The molecule has 0 bridgehead atoms. The van der Waals surface area contributed by atoms with Crippen molar-refractivity contribution in [2.24, 2.45) is 0 Å². The van der Waals surface area contributed by atoms with E-state index in [9.17, 15) is 0 Å². The van der Waals surface area contributed by atoms with Gasteiger partial charge in [0.1, 0.15) is 0 Å². The smallest absolute Gasteiger partial charge is 1.00 e. The van der Waals surface area contributed by atoms with Gasteiger partial charge >= 0.3 is 17.4 Å². The topological polar surface area (TPSA) is 12.9 Å². The Hall–Kier alpha value is -0.908. The monoisotopic (exact) mass is 370 g/mol. The van der Waals surface area contributed by atoms with Crippen molar-refractivity contribution in [2.45, 2.75) is 27.7 Å². The molecule has 2 aromatic carbocycles. The summed E-state index contributed by atoms with van der Waals surface area (Å²) in [5.41, 5.74) is 8.96. The summed E-state index contributed by atoms with van der Waals surface area (Å²) in [5, 5.41) is 1.20. The molecule has 0 spiro atoms.